The number of nitrogens with one attached hydrogen (secondary N) is 1. The van der Waals surface area contributed by atoms with Crippen LogP contribution in [-0.2, 0) is 9.59 Å². The van der Waals surface area contributed by atoms with Gasteiger partial charge in [-0.1, -0.05) is 11.6 Å². The van der Waals surface area contributed by atoms with Gasteiger partial charge in [0.05, 0.1) is 28.3 Å². The number of piperazine rings is 1. The van der Waals surface area contributed by atoms with Crippen LogP contribution in [0.1, 0.15) is 75.2 Å². The van der Waals surface area contributed by atoms with Gasteiger partial charge in [0.2, 0.25) is 11.8 Å². The molecule has 3 aromatic carbocycles. The van der Waals surface area contributed by atoms with Crippen molar-refractivity contribution >= 4 is 52.5 Å². The fraction of sp³-hybridized carbons (Fsp3) is 0.429. The number of ether oxygens (including phenoxy) is 1. The summed E-state index contributed by atoms with van der Waals surface area (Å²) in [6, 6.07) is 19.4. The van der Waals surface area contributed by atoms with Gasteiger partial charge < -0.3 is 19.4 Å². The summed E-state index contributed by atoms with van der Waals surface area (Å²) in [6.07, 6.45) is 3.81. The second-order valence-corrected chi connectivity index (χ2v) is 15.7. The van der Waals surface area contributed by atoms with Crippen LogP contribution in [0.5, 0.6) is 5.75 Å². The van der Waals surface area contributed by atoms with Gasteiger partial charge in [-0.15, -0.1) is 0 Å². The van der Waals surface area contributed by atoms with Crippen molar-refractivity contribution in [1.82, 2.24) is 20.0 Å². The Balaban J connectivity index is 0.785. The molecule has 5 heterocycles. The Morgan fingerprint density at radius 2 is 1.52 bits per heavy atom. The molecule has 4 saturated heterocycles. The number of hydrogen-bond donors (Lipinski definition) is 1. The molecule has 5 aliphatic heterocycles. The van der Waals surface area contributed by atoms with E-state index in [0.717, 1.165) is 87.8 Å². The van der Waals surface area contributed by atoms with Gasteiger partial charge in [-0.2, -0.15) is 5.26 Å². The van der Waals surface area contributed by atoms with Crippen LogP contribution in [0.25, 0.3) is 0 Å². The second-order valence-electron chi connectivity index (χ2n) is 15.3. The standard InChI is InChI=1S/C42H44ClN7O6/c43-36-23-32(9-5-29(36)24-44)56-33-2-1-15-49(26-33)40(53)28-3-6-30(7-4-28)48-20-18-46(19-21-48)25-27-13-16-47(17-14-27)31-8-10-34-35(22-31)42(55)50(41(34)54)37-11-12-38(51)45-39(37)52/h3-10,22-23,27,33,37H,1-2,11-21,25-26H2,(H,45,51,52). The largest absolute Gasteiger partial charge is 0.489 e. The maximum absolute atomic E-state index is 13.5. The predicted molar refractivity (Wildman–Crippen MR) is 209 cm³/mol. The highest BCUT2D eigenvalue weighted by molar-refractivity contribution is 6.31. The number of hydrogen-bond acceptors (Lipinski definition) is 10. The summed E-state index contributed by atoms with van der Waals surface area (Å²) < 4.78 is 6.14. The molecule has 8 rings (SSSR count). The number of carbonyl (C=O) groups is 5. The Hall–Kier alpha value is -5.45. The highest BCUT2D eigenvalue weighted by atomic mass is 35.5. The van der Waals surface area contributed by atoms with Gasteiger partial charge in [-0.3, -0.25) is 39.1 Å². The van der Waals surface area contributed by atoms with Crippen LogP contribution in [0.4, 0.5) is 11.4 Å². The maximum atomic E-state index is 13.5. The molecule has 4 fully saturated rings. The third-order valence-electron chi connectivity index (χ3n) is 11.8. The van der Waals surface area contributed by atoms with Crippen LogP contribution in [0.3, 0.4) is 0 Å². The molecule has 0 aromatic heterocycles. The third kappa shape index (κ3) is 7.68. The number of imide groups is 2. The Morgan fingerprint density at radius 1 is 0.804 bits per heavy atom. The summed E-state index contributed by atoms with van der Waals surface area (Å²) in [7, 11) is 0. The van der Waals surface area contributed by atoms with Crippen LogP contribution < -0.4 is 19.9 Å². The Bertz CT molecular complexity index is 2090. The van der Waals surface area contributed by atoms with E-state index in [-0.39, 0.29) is 24.9 Å². The van der Waals surface area contributed by atoms with Gasteiger partial charge in [0.15, 0.2) is 0 Å². The van der Waals surface area contributed by atoms with Crippen molar-refractivity contribution in [3.63, 3.8) is 0 Å². The number of fused-ring (bicyclic) bond motifs is 1. The Labute approximate surface area is 330 Å². The zero-order chi connectivity index (χ0) is 38.9. The zero-order valence-electron chi connectivity index (χ0n) is 31.1. The average Bonchev–Trinajstić information content (AvgIpc) is 3.46. The lowest BCUT2D eigenvalue weighted by molar-refractivity contribution is -0.136. The highest BCUT2D eigenvalue weighted by Crippen LogP contribution is 2.33. The van der Waals surface area contributed by atoms with Gasteiger partial charge in [-0.25, -0.2) is 0 Å². The highest BCUT2D eigenvalue weighted by Gasteiger charge is 2.45. The third-order valence-corrected chi connectivity index (χ3v) is 12.1. The van der Waals surface area contributed by atoms with E-state index in [1.807, 2.05) is 35.2 Å². The number of piperidine rings is 3. The predicted octanol–water partition coefficient (Wildman–Crippen LogP) is 4.34. The summed E-state index contributed by atoms with van der Waals surface area (Å²) in [5, 5.41) is 11.7. The molecule has 0 aliphatic carbocycles. The van der Waals surface area contributed by atoms with Crippen molar-refractivity contribution in [3.05, 3.63) is 87.9 Å². The number of nitriles is 1. The van der Waals surface area contributed by atoms with E-state index in [2.05, 4.69) is 26.1 Å². The van der Waals surface area contributed by atoms with Gasteiger partial charge in [0, 0.05) is 81.8 Å². The minimum absolute atomic E-state index is 0.00485. The fourth-order valence-electron chi connectivity index (χ4n) is 8.65. The lowest BCUT2D eigenvalue weighted by Crippen LogP contribution is -2.54. The van der Waals surface area contributed by atoms with Gasteiger partial charge in [-0.05, 0) is 92.6 Å². The number of rotatable bonds is 8. The smallest absolute Gasteiger partial charge is 0.262 e. The molecular formula is C42H44ClN7O6. The fourth-order valence-corrected chi connectivity index (χ4v) is 8.86. The number of nitrogens with zero attached hydrogens (tertiary/aromatic N) is 6. The Kier molecular flexibility index (Phi) is 10.7. The summed E-state index contributed by atoms with van der Waals surface area (Å²) >= 11 is 6.18. The van der Waals surface area contributed by atoms with Crippen molar-refractivity contribution in [1.29, 1.82) is 5.26 Å². The molecule has 0 saturated carbocycles. The van der Waals surface area contributed by atoms with Gasteiger partial charge >= 0.3 is 0 Å². The lowest BCUT2D eigenvalue weighted by Gasteiger charge is -2.40. The van der Waals surface area contributed by atoms with Crippen molar-refractivity contribution in [2.24, 2.45) is 5.92 Å². The monoisotopic (exact) mass is 777 g/mol. The average molecular weight is 778 g/mol. The molecule has 14 heteroatoms. The molecule has 5 amide bonds. The minimum atomic E-state index is -0.970. The van der Waals surface area contributed by atoms with Crippen LogP contribution in [0.15, 0.2) is 60.7 Å². The number of anilines is 2. The van der Waals surface area contributed by atoms with Crippen LogP contribution in [0.2, 0.25) is 5.02 Å². The molecule has 56 heavy (non-hydrogen) atoms. The summed E-state index contributed by atoms with van der Waals surface area (Å²) in [4.78, 5) is 74.0. The normalized spacial score (nSPS) is 22.2. The molecule has 290 valence electrons. The van der Waals surface area contributed by atoms with Crippen molar-refractivity contribution in [2.45, 2.75) is 50.7 Å². The topological polar surface area (TPSA) is 147 Å². The van der Waals surface area contributed by atoms with E-state index in [9.17, 15) is 24.0 Å². The first-order valence-electron chi connectivity index (χ1n) is 19.5. The van der Waals surface area contributed by atoms with E-state index >= 15 is 0 Å². The first kappa shape index (κ1) is 37.5. The molecule has 0 spiro atoms. The van der Waals surface area contributed by atoms with Crippen LogP contribution >= 0.6 is 11.6 Å². The van der Waals surface area contributed by atoms with Gasteiger partial charge in [0.25, 0.3) is 17.7 Å². The Morgan fingerprint density at radius 3 is 2.23 bits per heavy atom. The van der Waals surface area contributed by atoms with E-state index in [1.165, 1.54) is 0 Å². The number of likely N-dealkylation sites (tertiary alicyclic amines) is 1. The first-order chi connectivity index (χ1) is 27.1. The quantitative estimate of drug-likeness (QED) is 0.328. The SMILES string of the molecule is N#Cc1ccc(OC2CCCN(C(=O)c3ccc(N4CCN(CC5CCN(c6ccc7c(c6)C(=O)N(C6CCC(=O)NC6=O)C7=O)CC5)CC4)cc3)C2)cc1Cl. The molecule has 0 bridgehead atoms. The lowest BCUT2D eigenvalue weighted by atomic mass is 9.95. The number of carbonyl (C=O) groups excluding carboxylic acids is 5. The number of benzene rings is 3. The molecular weight excluding hydrogens is 734 g/mol. The van der Waals surface area contributed by atoms with E-state index in [4.69, 9.17) is 21.6 Å². The summed E-state index contributed by atoms with van der Waals surface area (Å²) in [5.41, 5.74) is 3.68. The van der Waals surface area contributed by atoms with Crippen LogP contribution in [-0.4, -0.2) is 115 Å². The van der Waals surface area contributed by atoms with Crippen molar-refractivity contribution < 1.29 is 28.7 Å². The maximum Gasteiger partial charge on any atom is 0.262 e. The first-order valence-corrected chi connectivity index (χ1v) is 19.9. The number of halogens is 1. The second kappa shape index (κ2) is 16.0. The van der Waals surface area contributed by atoms with E-state index in [0.29, 0.717) is 52.0 Å². The molecule has 2 atom stereocenters. The van der Waals surface area contributed by atoms with E-state index < -0.39 is 29.7 Å². The molecule has 13 nitrogen and oxygen atoms in total. The van der Waals surface area contributed by atoms with E-state index in [1.54, 1.807) is 30.3 Å². The molecule has 1 N–H and O–H groups in total. The van der Waals surface area contributed by atoms with Crippen LogP contribution in [0, 0.1) is 17.2 Å². The van der Waals surface area contributed by atoms with Crippen molar-refractivity contribution in [3.8, 4) is 11.8 Å². The van der Waals surface area contributed by atoms with Gasteiger partial charge in [0.1, 0.15) is 24.0 Å². The zero-order valence-corrected chi connectivity index (χ0v) is 31.9. The van der Waals surface area contributed by atoms with Crippen molar-refractivity contribution in [2.75, 3.05) is 68.7 Å². The molecule has 0 radical (unpaired) electrons. The summed E-state index contributed by atoms with van der Waals surface area (Å²) in [6.45, 7) is 7.66. The number of amides is 5. The molecule has 3 aromatic rings. The molecule has 5 aliphatic rings. The summed E-state index contributed by atoms with van der Waals surface area (Å²) in [5.74, 6) is -0.813. The minimum Gasteiger partial charge on any atom is -0.489 e. The molecule has 2 unspecified atom stereocenters.